The summed E-state index contributed by atoms with van der Waals surface area (Å²) in [4.78, 5) is 15.1. The van der Waals surface area contributed by atoms with Crippen molar-refractivity contribution in [3.63, 3.8) is 0 Å². The molecule has 30 heavy (non-hydrogen) atoms. The van der Waals surface area contributed by atoms with Crippen molar-refractivity contribution in [2.24, 2.45) is 4.99 Å². The maximum Gasteiger partial charge on any atom is 0.191 e. The molecule has 0 unspecified atom stereocenters. The number of aromatic nitrogens is 3. The third-order valence-corrected chi connectivity index (χ3v) is 4.69. The van der Waals surface area contributed by atoms with Gasteiger partial charge in [0.1, 0.15) is 12.1 Å². The van der Waals surface area contributed by atoms with Crippen molar-refractivity contribution in [3.05, 3.63) is 72.4 Å². The number of rotatable bonds is 8. The van der Waals surface area contributed by atoms with Gasteiger partial charge in [-0.05, 0) is 49.2 Å². The minimum atomic E-state index is 0. The van der Waals surface area contributed by atoms with Crippen LogP contribution in [0.3, 0.4) is 0 Å². The Kier molecular flexibility index (Phi) is 9.59. The van der Waals surface area contributed by atoms with Crippen LogP contribution in [0.25, 0.3) is 5.82 Å². The van der Waals surface area contributed by atoms with Crippen molar-refractivity contribution in [1.82, 2.24) is 25.2 Å². The van der Waals surface area contributed by atoms with E-state index in [-0.39, 0.29) is 24.0 Å². The van der Waals surface area contributed by atoms with E-state index in [0.717, 1.165) is 37.0 Å². The number of hydrogen-bond acceptors (Lipinski definition) is 4. The molecule has 1 aromatic carbocycles. The average molecular weight is 519 g/mol. The summed E-state index contributed by atoms with van der Waals surface area (Å²) in [5.74, 6) is 1.63. The lowest BCUT2D eigenvalue weighted by atomic mass is 10.2. The summed E-state index contributed by atoms with van der Waals surface area (Å²) in [5, 5.41) is 6.76. The van der Waals surface area contributed by atoms with Gasteiger partial charge in [-0.2, -0.15) is 0 Å². The first-order chi connectivity index (χ1) is 14.2. The highest BCUT2D eigenvalue weighted by atomic mass is 127. The first-order valence-corrected chi connectivity index (χ1v) is 9.89. The lowest BCUT2D eigenvalue weighted by Gasteiger charge is -2.24. The van der Waals surface area contributed by atoms with E-state index in [2.05, 4.69) is 68.6 Å². The predicted molar refractivity (Wildman–Crippen MR) is 134 cm³/mol. The van der Waals surface area contributed by atoms with Gasteiger partial charge in [0.25, 0.3) is 0 Å². The number of aliphatic imine (C=N–C) groups is 1. The Balaban J connectivity index is 0.00000320. The molecule has 0 amide bonds. The summed E-state index contributed by atoms with van der Waals surface area (Å²) in [6, 6.07) is 12.6. The van der Waals surface area contributed by atoms with Crippen molar-refractivity contribution in [3.8, 4) is 5.82 Å². The van der Waals surface area contributed by atoms with Gasteiger partial charge in [-0.15, -0.1) is 24.0 Å². The van der Waals surface area contributed by atoms with Crippen LogP contribution in [-0.4, -0.2) is 47.2 Å². The molecule has 0 saturated carbocycles. The fraction of sp³-hybridized carbons (Fsp3) is 0.318. The van der Waals surface area contributed by atoms with E-state index >= 15 is 0 Å². The molecule has 3 rings (SSSR count). The number of likely N-dealkylation sites (N-methyl/N-ethyl adjacent to an activating group) is 1. The molecule has 8 heteroatoms. The lowest BCUT2D eigenvalue weighted by Crippen LogP contribution is -2.41. The van der Waals surface area contributed by atoms with E-state index in [9.17, 15) is 0 Å². The fourth-order valence-electron chi connectivity index (χ4n) is 3.12. The molecule has 2 heterocycles. The van der Waals surface area contributed by atoms with Gasteiger partial charge in [-0.1, -0.05) is 12.1 Å². The fourth-order valence-corrected chi connectivity index (χ4v) is 3.12. The van der Waals surface area contributed by atoms with Crippen molar-refractivity contribution in [2.75, 3.05) is 31.6 Å². The molecule has 0 atom stereocenters. The smallest absolute Gasteiger partial charge is 0.191 e. The highest BCUT2D eigenvalue weighted by Gasteiger charge is 2.06. The Bertz CT molecular complexity index is 925. The van der Waals surface area contributed by atoms with E-state index in [1.54, 1.807) is 19.6 Å². The van der Waals surface area contributed by atoms with Crippen LogP contribution in [0, 0.1) is 6.92 Å². The van der Waals surface area contributed by atoms with Gasteiger partial charge in [0, 0.05) is 57.5 Å². The zero-order valence-corrected chi connectivity index (χ0v) is 20.1. The van der Waals surface area contributed by atoms with Crippen LogP contribution in [0.5, 0.6) is 0 Å². The normalized spacial score (nSPS) is 11.0. The second-order valence-electron chi connectivity index (χ2n) is 6.76. The Labute approximate surface area is 195 Å². The number of hydrogen-bond donors (Lipinski definition) is 2. The largest absolute Gasteiger partial charge is 0.370 e. The van der Waals surface area contributed by atoms with Gasteiger partial charge in [0.2, 0.25) is 0 Å². The van der Waals surface area contributed by atoms with Crippen molar-refractivity contribution < 1.29 is 0 Å². The monoisotopic (exact) mass is 519 g/mol. The zero-order chi connectivity index (χ0) is 20.5. The molecule has 160 valence electrons. The molecule has 0 radical (unpaired) electrons. The highest BCUT2D eigenvalue weighted by Crippen LogP contribution is 2.15. The zero-order valence-electron chi connectivity index (χ0n) is 17.7. The van der Waals surface area contributed by atoms with Gasteiger partial charge in [-0.25, -0.2) is 9.97 Å². The van der Waals surface area contributed by atoms with E-state index < -0.39 is 0 Å². The molecule has 0 aliphatic rings. The van der Waals surface area contributed by atoms with E-state index in [4.69, 9.17) is 0 Å². The minimum absolute atomic E-state index is 0. The maximum atomic E-state index is 4.39. The summed E-state index contributed by atoms with van der Waals surface area (Å²) >= 11 is 0. The maximum absolute atomic E-state index is 4.39. The molecule has 0 aliphatic heterocycles. The second kappa shape index (κ2) is 12.2. The van der Waals surface area contributed by atoms with Crippen LogP contribution in [0.15, 0.2) is 66.3 Å². The molecular formula is C22H30IN7. The minimum Gasteiger partial charge on any atom is -0.370 e. The van der Waals surface area contributed by atoms with Crippen molar-refractivity contribution >= 4 is 35.6 Å². The Hall–Kier alpha value is -2.62. The molecular weight excluding hydrogens is 489 g/mol. The number of nitrogens with one attached hydrogen (secondary N) is 2. The van der Waals surface area contributed by atoms with Crippen molar-refractivity contribution in [1.29, 1.82) is 0 Å². The highest BCUT2D eigenvalue weighted by molar-refractivity contribution is 14.0. The number of benzene rings is 1. The number of guanidine groups is 1. The van der Waals surface area contributed by atoms with Gasteiger partial charge in [-0.3, -0.25) is 9.56 Å². The van der Waals surface area contributed by atoms with Crippen LogP contribution in [0.4, 0.5) is 5.69 Å². The quantitative estimate of drug-likeness (QED) is 0.271. The third-order valence-electron chi connectivity index (χ3n) is 4.69. The Morgan fingerprint density at radius 3 is 2.73 bits per heavy atom. The molecule has 0 saturated heterocycles. The summed E-state index contributed by atoms with van der Waals surface area (Å²) in [6.07, 6.45) is 7.18. The van der Waals surface area contributed by atoms with Gasteiger partial charge in [0.15, 0.2) is 5.96 Å². The third kappa shape index (κ3) is 6.72. The van der Waals surface area contributed by atoms with Gasteiger partial charge in [0.05, 0.1) is 0 Å². The molecule has 7 nitrogen and oxygen atoms in total. The average Bonchev–Trinajstić information content (AvgIpc) is 3.28. The number of nitrogens with zero attached hydrogens (tertiary/aromatic N) is 5. The summed E-state index contributed by atoms with van der Waals surface area (Å²) in [5.41, 5.74) is 3.65. The topological polar surface area (TPSA) is 70.4 Å². The Morgan fingerprint density at radius 2 is 2.03 bits per heavy atom. The number of anilines is 1. The lowest BCUT2D eigenvalue weighted by molar-refractivity contribution is 0.749. The predicted octanol–water partition coefficient (Wildman–Crippen LogP) is 3.39. The number of imidazole rings is 1. The Morgan fingerprint density at radius 1 is 1.17 bits per heavy atom. The van der Waals surface area contributed by atoms with Gasteiger partial charge < -0.3 is 15.5 Å². The molecule has 0 fully saturated rings. The first kappa shape index (κ1) is 23.7. The van der Waals surface area contributed by atoms with Gasteiger partial charge >= 0.3 is 0 Å². The van der Waals surface area contributed by atoms with Crippen molar-refractivity contribution in [2.45, 2.75) is 20.4 Å². The van der Waals surface area contributed by atoms with E-state index in [0.29, 0.717) is 6.54 Å². The van der Waals surface area contributed by atoms with Crippen LogP contribution < -0.4 is 15.5 Å². The van der Waals surface area contributed by atoms with Crippen LogP contribution in [0.1, 0.15) is 18.1 Å². The molecule has 0 bridgehead atoms. The molecule has 0 spiro atoms. The summed E-state index contributed by atoms with van der Waals surface area (Å²) in [6.45, 7) is 7.64. The summed E-state index contributed by atoms with van der Waals surface area (Å²) in [7, 11) is 1.79. The number of aryl methyl sites for hydroxylation is 1. The molecule has 0 aliphatic carbocycles. The molecule has 2 aromatic heterocycles. The van der Waals surface area contributed by atoms with E-state index in [1.165, 1.54) is 11.3 Å². The van der Waals surface area contributed by atoms with Crippen LogP contribution in [-0.2, 0) is 6.54 Å². The van der Waals surface area contributed by atoms with E-state index in [1.807, 2.05) is 29.1 Å². The first-order valence-electron chi connectivity index (χ1n) is 9.89. The van der Waals surface area contributed by atoms with Crippen LogP contribution >= 0.6 is 24.0 Å². The SMILES string of the molecule is CCN(CCNC(=NC)NCc1ccnc(-n2ccnc2)c1)c1cccc(C)c1.I. The second-order valence-corrected chi connectivity index (χ2v) is 6.76. The number of pyridine rings is 1. The number of halogens is 1. The summed E-state index contributed by atoms with van der Waals surface area (Å²) < 4.78 is 1.89. The standard InChI is InChI=1S/C22H29N7.HI/c1-4-28(20-7-5-6-18(2)14-20)13-11-26-22(23-3)27-16-19-8-9-25-21(15-19)29-12-10-24-17-29;/h5-10,12,14-15,17H,4,11,13,16H2,1-3H3,(H2,23,26,27);1H. The molecule has 3 aromatic rings. The molecule has 2 N–H and O–H groups in total. The van der Waals surface area contributed by atoms with Crippen LogP contribution in [0.2, 0.25) is 0 Å².